The summed E-state index contributed by atoms with van der Waals surface area (Å²) >= 11 is 8.70. The predicted octanol–water partition coefficient (Wildman–Crippen LogP) is 4.16. The molecule has 8 heteroatoms. The number of halogens is 1. The summed E-state index contributed by atoms with van der Waals surface area (Å²) in [5, 5.41) is 12.8. The Kier molecular flexibility index (Phi) is 5.93. The summed E-state index contributed by atoms with van der Waals surface area (Å²) in [6, 6.07) is 14.2. The molecule has 132 valence electrons. The molecule has 2 N–H and O–H groups in total. The first-order valence-corrected chi connectivity index (χ1v) is 11.2. The number of benzene rings is 1. The van der Waals surface area contributed by atoms with E-state index in [4.69, 9.17) is 11.6 Å². The van der Waals surface area contributed by atoms with Crippen molar-refractivity contribution in [3.63, 3.8) is 0 Å². The van der Waals surface area contributed by atoms with Crippen molar-refractivity contribution in [3.05, 3.63) is 79.1 Å². The zero-order valence-corrected chi connectivity index (χ0v) is 16.3. The monoisotopic (exact) mass is 413 g/mol. The Labute approximate surface area is 159 Å². The fourth-order valence-corrected chi connectivity index (χ4v) is 5.34. The quantitative estimate of drug-likeness (QED) is 0.611. The summed E-state index contributed by atoms with van der Waals surface area (Å²) in [6.45, 7) is 0.206. The van der Waals surface area contributed by atoms with Crippen molar-refractivity contribution < 1.29 is 13.5 Å². The van der Waals surface area contributed by atoms with Gasteiger partial charge in [-0.2, -0.15) is 0 Å². The predicted molar refractivity (Wildman–Crippen MR) is 104 cm³/mol. The standard InChI is InChI=1S/C17H16ClNO3S3/c18-13-5-3-12(4-6-13)11-25(21,22)19-10-14-7-8-16(24-14)17(20)15-2-1-9-23-15/h1-9,17,19-20H,10-11H2. The topological polar surface area (TPSA) is 66.4 Å². The van der Waals surface area contributed by atoms with Crippen molar-refractivity contribution in [1.82, 2.24) is 4.72 Å². The Hall–Kier alpha value is -1.22. The second-order valence-electron chi connectivity index (χ2n) is 5.43. The van der Waals surface area contributed by atoms with Gasteiger partial charge in [0, 0.05) is 26.2 Å². The van der Waals surface area contributed by atoms with Crippen molar-refractivity contribution in [2.45, 2.75) is 18.4 Å². The molecule has 0 bridgehead atoms. The number of rotatable bonds is 7. The molecule has 0 aliphatic heterocycles. The molecular weight excluding hydrogens is 398 g/mol. The molecule has 0 fully saturated rings. The van der Waals surface area contributed by atoms with E-state index in [1.165, 1.54) is 22.7 Å². The van der Waals surface area contributed by atoms with Crippen LogP contribution in [-0.4, -0.2) is 13.5 Å². The van der Waals surface area contributed by atoms with Gasteiger partial charge in [-0.25, -0.2) is 13.1 Å². The number of thiophene rings is 2. The third-order valence-electron chi connectivity index (χ3n) is 3.50. The van der Waals surface area contributed by atoms with Crippen molar-refractivity contribution in [2.24, 2.45) is 0 Å². The molecule has 0 radical (unpaired) electrons. The Morgan fingerprint density at radius 3 is 2.52 bits per heavy atom. The third-order valence-corrected chi connectivity index (χ3v) is 7.11. The number of hydrogen-bond donors (Lipinski definition) is 2. The maximum absolute atomic E-state index is 12.2. The van der Waals surface area contributed by atoms with Gasteiger partial charge in [-0.15, -0.1) is 22.7 Å². The molecule has 0 aliphatic rings. The van der Waals surface area contributed by atoms with E-state index in [-0.39, 0.29) is 12.3 Å². The van der Waals surface area contributed by atoms with E-state index < -0.39 is 16.1 Å². The second kappa shape index (κ2) is 7.99. The van der Waals surface area contributed by atoms with Gasteiger partial charge >= 0.3 is 0 Å². The fraction of sp³-hybridized carbons (Fsp3) is 0.176. The van der Waals surface area contributed by atoms with E-state index in [0.29, 0.717) is 10.6 Å². The molecule has 1 unspecified atom stereocenters. The van der Waals surface area contributed by atoms with Crippen LogP contribution in [0.25, 0.3) is 0 Å². The van der Waals surface area contributed by atoms with Gasteiger partial charge in [0.05, 0.1) is 5.75 Å². The highest BCUT2D eigenvalue weighted by molar-refractivity contribution is 7.88. The molecule has 0 spiro atoms. The zero-order chi connectivity index (χ0) is 17.9. The lowest BCUT2D eigenvalue weighted by Gasteiger charge is -2.07. The molecule has 2 aromatic heterocycles. The number of hydrogen-bond acceptors (Lipinski definition) is 5. The summed E-state index contributed by atoms with van der Waals surface area (Å²) in [5.41, 5.74) is 0.678. The minimum atomic E-state index is -3.45. The van der Waals surface area contributed by atoms with Crippen LogP contribution in [-0.2, 0) is 22.3 Å². The highest BCUT2D eigenvalue weighted by Crippen LogP contribution is 2.30. The van der Waals surface area contributed by atoms with Crippen molar-refractivity contribution in [1.29, 1.82) is 0 Å². The van der Waals surface area contributed by atoms with Gasteiger partial charge in [-0.3, -0.25) is 0 Å². The first kappa shape index (κ1) is 18.6. The molecular formula is C17H16ClNO3S3. The van der Waals surface area contributed by atoms with Crippen LogP contribution in [0.2, 0.25) is 5.02 Å². The first-order valence-electron chi connectivity index (χ1n) is 7.45. The molecule has 1 atom stereocenters. The average Bonchev–Trinajstić information content (AvgIpc) is 3.26. The van der Waals surface area contributed by atoms with Crippen LogP contribution in [0.15, 0.2) is 53.9 Å². The zero-order valence-electron chi connectivity index (χ0n) is 13.1. The van der Waals surface area contributed by atoms with Gasteiger partial charge < -0.3 is 5.11 Å². The smallest absolute Gasteiger partial charge is 0.216 e. The molecule has 0 saturated heterocycles. The van der Waals surface area contributed by atoms with Crippen molar-refractivity contribution >= 4 is 44.3 Å². The molecule has 2 heterocycles. The Morgan fingerprint density at radius 1 is 1.08 bits per heavy atom. The minimum absolute atomic E-state index is 0.0970. The van der Waals surface area contributed by atoms with E-state index in [1.807, 2.05) is 29.6 Å². The summed E-state index contributed by atoms with van der Waals surface area (Å²) in [5.74, 6) is -0.0970. The van der Waals surface area contributed by atoms with Gasteiger partial charge in [0.15, 0.2) is 0 Å². The molecule has 0 aliphatic carbocycles. The number of aliphatic hydroxyl groups excluding tert-OH is 1. The Balaban J connectivity index is 1.60. The van der Waals surface area contributed by atoms with Gasteiger partial charge in [0.1, 0.15) is 6.10 Å². The molecule has 3 aromatic rings. The van der Waals surface area contributed by atoms with Crippen LogP contribution in [0.1, 0.15) is 26.3 Å². The average molecular weight is 414 g/mol. The van der Waals surface area contributed by atoms with Gasteiger partial charge in [0.2, 0.25) is 10.0 Å². The molecule has 0 saturated carbocycles. The van der Waals surface area contributed by atoms with Gasteiger partial charge in [-0.05, 0) is 41.3 Å². The largest absolute Gasteiger partial charge is 0.382 e. The maximum Gasteiger partial charge on any atom is 0.216 e. The van der Waals surface area contributed by atoms with Gasteiger partial charge in [-0.1, -0.05) is 29.8 Å². The van der Waals surface area contributed by atoms with Crippen LogP contribution in [0.3, 0.4) is 0 Å². The molecule has 25 heavy (non-hydrogen) atoms. The lowest BCUT2D eigenvalue weighted by atomic mass is 10.2. The molecule has 3 rings (SSSR count). The van der Waals surface area contributed by atoms with E-state index in [1.54, 1.807) is 24.3 Å². The SMILES string of the molecule is O=S(=O)(Cc1ccc(Cl)cc1)NCc1ccc(C(O)c2cccs2)s1. The van der Waals surface area contributed by atoms with Crippen LogP contribution >= 0.6 is 34.3 Å². The Bertz CT molecular complexity index is 918. The number of nitrogens with one attached hydrogen (secondary N) is 1. The number of sulfonamides is 1. The summed E-state index contributed by atoms with van der Waals surface area (Å²) < 4.78 is 27.0. The lowest BCUT2D eigenvalue weighted by molar-refractivity contribution is 0.228. The molecule has 4 nitrogen and oxygen atoms in total. The van der Waals surface area contributed by atoms with Crippen LogP contribution in [0.4, 0.5) is 0 Å². The minimum Gasteiger partial charge on any atom is -0.382 e. The highest BCUT2D eigenvalue weighted by atomic mass is 35.5. The fourth-order valence-electron chi connectivity index (χ4n) is 2.26. The summed E-state index contributed by atoms with van der Waals surface area (Å²) in [4.78, 5) is 2.52. The van der Waals surface area contributed by atoms with Crippen molar-refractivity contribution in [3.8, 4) is 0 Å². The molecule has 1 aromatic carbocycles. The summed E-state index contributed by atoms with van der Waals surface area (Å²) in [6.07, 6.45) is -0.663. The van der Waals surface area contributed by atoms with E-state index in [0.717, 1.165) is 14.6 Å². The van der Waals surface area contributed by atoms with Crippen LogP contribution < -0.4 is 4.72 Å². The van der Waals surface area contributed by atoms with Crippen molar-refractivity contribution in [2.75, 3.05) is 0 Å². The maximum atomic E-state index is 12.2. The third kappa shape index (κ3) is 5.13. The van der Waals surface area contributed by atoms with Crippen LogP contribution in [0.5, 0.6) is 0 Å². The first-order chi connectivity index (χ1) is 11.9. The normalized spacial score (nSPS) is 13.0. The van der Waals surface area contributed by atoms with Gasteiger partial charge in [0.25, 0.3) is 0 Å². The highest BCUT2D eigenvalue weighted by Gasteiger charge is 2.16. The second-order valence-corrected chi connectivity index (χ2v) is 9.85. The van der Waals surface area contributed by atoms with E-state index in [2.05, 4.69) is 4.72 Å². The lowest BCUT2D eigenvalue weighted by Crippen LogP contribution is -2.24. The van der Waals surface area contributed by atoms with Crippen LogP contribution in [0, 0.1) is 0 Å². The molecule has 0 amide bonds. The number of aliphatic hydroxyl groups is 1. The van der Waals surface area contributed by atoms with E-state index in [9.17, 15) is 13.5 Å². The van der Waals surface area contributed by atoms with E-state index >= 15 is 0 Å². The summed E-state index contributed by atoms with van der Waals surface area (Å²) in [7, 11) is -3.45. The Morgan fingerprint density at radius 2 is 1.84 bits per heavy atom.